The highest BCUT2D eigenvalue weighted by Crippen LogP contribution is 2.32. The molecule has 1 N–H and O–H groups in total. The molecule has 1 heterocycles. The van der Waals surface area contributed by atoms with Gasteiger partial charge >= 0.3 is 0 Å². The Labute approximate surface area is 117 Å². The zero-order valence-corrected chi connectivity index (χ0v) is 11.8. The average molecular weight is 284 g/mol. The van der Waals surface area contributed by atoms with E-state index < -0.39 is 0 Å². The maximum absolute atomic E-state index is 6.27. The summed E-state index contributed by atoms with van der Waals surface area (Å²) in [4.78, 5) is 0. The van der Waals surface area contributed by atoms with Gasteiger partial charge in [-0.2, -0.15) is 0 Å². The fourth-order valence-electron chi connectivity index (χ4n) is 2.02. The van der Waals surface area contributed by atoms with E-state index in [0.29, 0.717) is 10.0 Å². The Morgan fingerprint density at radius 1 is 1.22 bits per heavy atom. The lowest BCUT2D eigenvalue weighted by Crippen LogP contribution is -2.22. The second kappa shape index (κ2) is 5.79. The number of rotatable bonds is 4. The van der Waals surface area contributed by atoms with Gasteiger partial charge in [0.25, 0.3) is 0 Å². The van der Waals surface area contributed by atoms with Gasteiger partial charge in [-0.15, -0.1) is 0 Å². The Morgan fingerprint density at radius 2 is 2.00 bits per heavy atom. The highest BCUT2D eigenvalue weighted by atomic mass is 35.5. The first-order valence-corrected chi connectivity index (χ1v) is 6.61. The van der Waals surface area contributed by atoms with Gasteiger partial charge in [-0.25, -0.2) is 0 Å². The summed E-state index contributed by atoms with van der Waals surface area (Å²) in [6, 6.07) is 7.46. The molecular formula is C14H15Cl2NO. The molecule has 96 valence electrons. The second-order valence-corrected chi connectivity index (χ2v) is 4.93. The van der Waals surface area contributed by atoms with Crippen LogP contribution in [0.4, 0.5) is 0 Å². The number of benzene rings is 1. The smallest absolute Gasteiger partial charge is 0.105 e. The molecule has 2 nitrogen and oxygen atoms in total. The van der Waals surface area contributed by atoms with Crippen LogP contribution >= 0.6 is 23.2 Å². The van der Waals surface area contributed by atoms with Gasteiger partial charge in [-0.1, -0.05) is 30.1 Å². The lowest BCUT2D eigenvalue weighted by molar-refractivity contribution is 0.520. The van der Waals surface area contributed by atoms with Gasteiger partial charge in [0.15, 0.2) is 0 Å². The van der Waals surface area contributed by atoms with E-state index in [4.69, 9.17) is 27.6 Å². The molecule has 4 heteroatoms. The molecule has 0 spiro atoms. The molecule has 0 saturated heterocycles. The first-order valence-electron chi connectivity index (χ1n) is 5.85. The number of nitrogens with one attached hydrogen (secondary N) is 1. The summed E-state index contributed by atoms with van der Waals surface area (Å²) in [5.41, 5.74) is 2.05. The van der Waals surface area contributed by atoms with E-state index in [2.05, 4.69) is 12.2 Å². The average Bonchev–Trinajstić information content (AvgIpc) is 2.76. The van der Waals surface area contributed by atoms with Crippen molar-refractivity contribution < 1.29 is 4.42 Å². The van der Waals surface area contributed by atoms with Crippen molar-refractivity contribution in [3.63, 3.8) is 0 Å². The van der Waals surface area contributed by atoms with Crippen LogP contribution in [0.5, 0.6) is 0 Å². The van der Waals surface area contributed by atoms with E-state index in [9.17, 15) is 0 Å². The zero-order valence-electron chi connectivity index (χ0n) is 10.3. The summed E-state index contributed by atoms with van der Waals surface area (Å²) >= 11 is 12.3. The summed E-state index contributed by atoms with van der Waals surface area (Å²) in [6.45, 7) is 4.83. The molecule has 18 heavy (non-hydrogen) atoms. The number of halogens is 2. The molecule has 0 amide bonds. The largest absolute Gasteiger partial charge is 0.469 e. The highest BCUT2D eigenvalue weighted by Gasteiger charge is 2.19. The predicted octanol–water partition coefficient (Wildman–Crippen LogP) is 4.59. The summed E-state index contributed by atoms with van der Waals surface area (Å²) in [6.07, 6.45) is 1.69. The van der Waals surface area contributed by atoms with Gasteiger partial charge in [0.1, 0.15) is 5.76 Å². The highest BCUT2D eigenvalue weighted by molar-refractivity contribution is 6.33. The molecule has 1 unspecified atom stereocenters. The van der Waals surface area contributed by atoms with Crippen molar-refractivity contribution in [3.05, 3.63) is 57.5 Å². The van der Waals surface area contributed by atoms with E-state index >= 15 is 0 Å². The molecule has 0 aliphatic carbocycles. The summed E-state index contributed by atoms with van der Waals surface area (Å²) in [5, 5.41) is 4.79. The van der Waals surface area contributed by atoms with Crippen LogP contribution in [0, 0.1) is 6.92 Å². The van der Waals surface area contributed by atoms with Crippen molar-refractivity contribution in [2.24, 2.45) is 0 Å². The molecule has 1 aromatic carbocycles. The maximum atomic E-state index is 6.27. The minimum absolute atomic E-state index is 0.0000463. The van der Waals surface area contributed by atoms with Crippen LogP contribution in [-0.2, 0) is 0 Å². The molecule has 1 atom stereocenters. The zero-order chi connectivity index (χ0) is 13.1. The summed E-state index contributed by atoms with van der Waals surface area (Å²) in [5.74, 6) is 0.886. The van der Waals surface area contributed by atoms with Gasteiger partial charge in [-0.3, -0.25) is 0 Å². The third-order valence-electron chi connectivity index (χ3n) is 2.89. The quantitative estimate of drug-likeness (QED) is 0.888. The standard InChI is InChI=1S/C14H15Cl2NO/c1-3-17-14(11-6-7-18-9(11)2)12-8-10(15)4-5-13(12)16/h4-8,14,17H,3H2,1-2H3. The van der Waals surface area contributed by atoms with Crippen LogP contribution < -0.4 is 5.32 Å². The Bertz CT molecular complexity index is 536. The predicted molar refractivity (Wildman–Crippen MR) is 75.4 cm³/mol. The van der Waals surface area contributed by atoms with Crippen molar-refractivity contribution in [1.82, 2.24) is 5.32 Å². The van der Waals surface area contributed by atoms with Crippen LogP contribution in [0.15, 0.2) is 34.9 Å². The van der Waals surface area contributed by atoms with Crippen LogP contribution in [0.25, 0.3) is 0 Å². The monoisotopic (exact) mass is 283 g/mol. The topological polar surface area (TPSA) is 25.2 Å². The summed E-state index contributed by atoms with van der Waals surface area (Å²) < 4.78 is 5.37. The number of aryl methyl sites for hydroxylation is 1. The van der Waals surface area contributed by atoms with Crippen molar-refractivity contribution in [2.75, 3.05) is 6.54 Å². The third kappa shape index (κ3) is 2.72. The molecular weight excluding hydrogens is 269 g/mol. The van der Waals surface area contributed by atoms with Gasteiger partial charge in [0.2, 0.25) is 0 Å². The van der Waals surface area contributed by atoms with Crippen molar-refractivity contribution in [1.29, 1.82) is 0 Å². The Balaban J connectivity index is 2.48. The van der Waals surface area contributed by atoms with Gasteiger partial charge < -0.3 is 9.73 Å². The fraction of sp³-hybridized carbons (Fsp3) is 0.286. The maximum Gasteiger partial charge on any atom is 0.105 e. The fourth-order valence-corrected chi connectivity index (χ4v) is 2.43. The molecule has 0 radical (unpaired) electrons. The lowest BCUT2D eigenvalue weighted by Gasteiger charge is -2.19. The Hall–Kier alpha value is -0.960. The second-order valence-electron chi connectivity index (χ2n) is 4.09. The minimum Gasteiger partial charge on any atom is -0.469 e. The minimum atomic E-state index is -0.0000463. The Morgan fingerprint density at radius 3 is 2.61 bits per heavy atom. The van der Waals surface area contributed by atoms with E-state index in [0.717, 1.165) is 23.4 Å². The molecule has 1 aromatic heterocycles. The third-order valence-corrected chi connectivity index (χ3v) is 3.47. The number of hydrogen-bond acceptors (Lipinski definition) is 2. The van der Waals surface area contributed by atoms with Crippen LogP contribution in [0.2, 0.25) is 10.0 Å². The van der Waals surface area contributed by atoms with Crippen LogP contribution in [0.1, 0.15) is 29.9 Å². The molecule has 2 aromatic rings. The normalized spacial score (nSPS) is 12.7. The van der Waals surface area contributed by atoms with Gasteiger partial charge in [0.05, 0.1) is 12.3 Å². The first kappa shape index (κ1) is 13.5. The summed E-state index contributed by atoms with van der Waals surface area (Å²) in [7, 11) is 0. The van der Waals surface area contributed by atoms with Crippen LogP contribution in [-0.4, -0.2) is 6.54 Å². The molecule has 0 fully saturated rings. The van der Waals surface area contributed by atoms with Crippen molar-refractivity contribution >= 4 is 23.2 Å². The number of hydrogen-bond donors (Lipinski definition) is 1. The van der Waals surface area contributed by atoms with Crippen LogP contribution in [0.3, 0.4) is 0 Å². The molecule has 0 aliphatic rings. The van der Waals surface area contributed by atoms with E-state index in [-0.39, 0.29) is 6.04 Å². The lowest BCUT2D eigenvalue weighted by atomic mass is 9.99. The van der Waals surface area contributed by atoms with Crippen molar-refractivity contribution in [2.45, 2.75) is 19.9 Å². The molecule has 0 aliphatic heterocycles. The SMILES string of the molecule is CCNC(c1cc(Cl)ccc1Cl)c1ccoc1C. The number of furan rings is 1. The van der Waals surface area contributed by atoms with Gasteiger partial charge in [-0.05, 0) is 43.3 Å². The van der Waals surface area contributed by atoms with Crippen molar-refractivity contribution in [3.8, 4) is 0 Å². The first-order chi connectivity index (χ1) is 8.63. The van der Waals surface area contributed by atoms with E-state index in [1.807, 2.05) is 25.1 Å². The van der Waals surface area contributed by atoms with Gasteiger partial charge in [0, 0.05) is 15.6 Å². The molecule has 0 bridgehead atoms. The van der Waals surface area contributed by atoms with E-state index in [1.54, 1.807) is 12.3 Å². The molecule has 2 rings (SSSR count). The molecule has 0 saturated carbocycles. The van der Waals surface area contributed by atoms with E-state index in [1.165, 1.54) is 0 Å². The Kier molecular flexibility index (Phi) is 4.33.